The number of nitrogens with zero attached hydrogens (tertiary/aromatic N) is 2. The van der Waals surface area contributed by atoms with Gasteiger partial charge in [-0.05, 0) is 25.3 Å². The molecule has 1 saturated carbocycles. The first-order valence-corrected chi connectivity index (χ1v) is 5.65. The summed E-state index contributed by atoms with van der Waals surface area (Å²) < 4.78 is 2.76. The molecule has 1 fully saturated rings. The van der Waals surface area contributed by atoms with E-state index in [1.807, 2.05) is 0 Å². The molecule has 2 rings (SSSR count). The smallest absolute Gasteiger partial charge is 0.315 e. The molecule has 5 nitrogen and oxygen atoms in total. The van der Waals surface area contributed by atoms with Gasteiger partial charge in [-0.2, -0.15) is 0 Å². The maximum atomic E-state index is 11.5. The van der Waals surface area contributed by atoms with Gasteiger partial charge in [0, 0.05) is 32.5 Å². The minimum absolute atomic E-state index is 0.446. The van der Waals surface area contributed by atoms with Crippen LogP contribution in [-0.2, 0) is 13.6 Å². The monoisotopic (exact) mass is 223 g/mol. The SMILES string of the molecule is Cn1ccn(CCNCC2CC2)c(=O)c1=O. The average molecular weight is 223 g/mol. The number of aromatic nitrogens is 2. The van der Waals surface area contributed by atoms with Crippen LogP contribution >= 0.6 is 0 Å². The van der Waals surface area contributed by atoms with Crippen molar-refractivity contribution in [2.24, 2.45) is 13.0 Å². The van der Waals surface area contributed by atoms with Gasteiger partial charge in [0.2, 0.25) is 0 Å². The summed E-state index contributed by atoms with van der Waals surface area (Å²) in [6.45, 7) is 2.32. The lowest BCUT2D eigenvalue weighted by Crippen LogP contribution is -2.40. The predicted molar refractivity (Wildman–Crippen MR) is 61.5 cm³/mol. The molecular formula is C11H17N3O2. The van der Waals surface area contributed by atoms with Crippen molar-refractivity contribution >= 4 is 0 Å². The second kappa shape index (κ2) is 4.65. The van der Waals surface area contributed by atoms with Gasteiger partial charge >= 0.3 is 11.1 Å². The summed E-state index contributed by atoms with van der Waals surface area (Å²) in [6.07, 6.45) is 5.91. The maximum Gasteiger partial charge on any atom is 0.316 e. The minimum atomic E-state index is -0.468. The summed E-state index contributed by atoms with van der Waals surface area (Å²) in [4.78, 5) is 22.9. The molecule has 1 aliphatic rings. The largest absolute Gasteiger partial charge is 0.316 e. The van der Waals surface area contributed by atoms with Gasteiger partial charge in [-0.1, -0.05) is 0 Å². The Morgan fingerprint density at radius 2 is 2.06 bits per heavy atom. The van der Waals surface area contributed by atoms with Crippen LogP contribution in [0.5, 0.6) is 0 Å². The minimum Gasteiger partial charge on any atom is -0.315 e. The third-order valence-electron chi connectivity index (χ3n) is 2.89. The van der Waals surface area contributed by atoms with Crippen LogP contribution in [0.4, 0.5) is 0 Å². The number of hydrogen-bond donors (Lipinski definition) is 1. The highest BCUT2D eigenvalue weighted by molar-refractivity contribution is 4.85. The van der Waals surface area contributed by atoms with E-state index in [2.05, 4.69) is 5.32 Å². The Morgan fingerprint density at radius 1 is 1.31 bits per heavy atom. The molecule has 0 amide bonds. The van der Waals surface area contributed by atoms with Crippen molar-refractivity contribution in [1.82, 2.24) is 14.5 Å². The van der Waals surface area contributed by atoms with E-state index in [4.69, 9.17) is 0 Å². The van der Waals surface area contributed by atoms with E-state index >= 15 is 0 Å². The highest BCUT2D eigenvalue weighted by Gasteiger charge is 2.19. The van der Waals surface area contributed by atoms with Gasteiger partial charge in [0.05, 0.1) is 0 Å². The molecule has 0 aromatic carbocycles. The third kappa shape index (κ3) is 2.61. The van der Waals surface area contributed by atoms with Gasteiger partial charge in [-0.15, -0.1) is 0 Å². The van der Waals surface area contributed by atoms with Crippen LogP contribution in [-0.4, -0.2) is 22.2 Å². The first-order chi connectivity index (χ1) is 7.68. The van der Waals surface area contributed by atoms with Gasteiger partial charge in [0.1, 0.15) is 0 Å². The summed E-state index contributed by atoms with van der Waals surface area (Å²) in [5.74, 6) is 0.834. The molecule has 5 heteroatoms. The van der Waals surface area contributed by atoms with E-state index in [0.29, 0.717) is 6.54 Å². The quantitative estimate of drug-likeness (QED) is 0.543. The second-order valence-electron chi connectivity index (χ2n) is 4.36. The standard InChI is InChI=1S/C11H17N3O2/c1-13-6-7-14(11(16)10(13)15)5-4-12-8-9-2-3-9/h6-7,9,12H,2-5,8H2,1H3. The molecule has 0 saturated heterocycles. The van der Waals surface area contributed by atoms with Crippen molar-refractivity contribution in [3.8, 4) is 0 Å². The van der Waals surface area contributed by atoms with Gasteiger partial charge in [0.25, 0.3) is 0 Å². The Balaban J connectivity index is 1.90. The van der Waals surface area contributed by atoms with Crippen molar-refractivity contribution in [2.45, 2.75) is 19.4 Å². The molecule has 1 aromatic heterocycles. The molecule has 16 heavy (non-hydrogen) atoms. The number of nitrogens with one attached hydrogen (secondary N) is 1. The van der Waals surface area contributed by atoms with Crippen molar-refractivity contribution in [3.05, 3.63) is 33.1 Å². The molecule has 1 aromatic rings. The number of hydrogen-bond acceptors (Lipinski definition) is 3. The van der Waals surface area contributed by atoms with Gasteiger partial charge in [-0.3, -0.25) is 9.59 Å². The van der Waals surface area contributed by atoms with E-state index in [1.54, 1.807) is 19.4 Å². The lowest BCUT2D eigenvalue weighted by Gasteiger charge is -2.07. The fourth-order valence-electron chi connectivity index (χ4n) is 1.59. The molecule has 1 heterocycles. The zero-order valence-corrected chi connectivity index (χ0v) is 9.48. The van der Waals surface area contributed by atoms with Crippen molar-refractivity contribution in [3.63, 3.8) is 0 Å². The zero-order chi connectivity index (χ0) is 11.5. The summed E-state index contributed by atoms with van der Waals surface area (Å²) in [6, 6.07) is 0. The van der Waals surface area contributed by atoms with Crippen molar-refractivity contribution in [1.29, 1.82) is 0 Å². The Hall–Kier alpha value is -1.36. The molecular weight excluding hydrogens is 206 g/mol. The molecule has 0 spiro atoms. The predicted octanol–water partition coefficient (Wildman–Crippen LogP) is -0.453. The molecule has 0 aliphatic heterocycles. The van der Waals surface area contributed by atoms with Gasteiger partial charge in [0.15, 0.2) is 0 Å². The number of aryl methyl sites for hydroxylation is 1. The summed E-state index contributed by atoms with van der Waals surface area (Å²) >= 11 is 0. The van der Waals surface area contributed by atoms with Crippen molar-refractivity contribution < 1.29 is 0 Å². The normalized spacial score (nSPS) is 15.3. The zero-order valence-electron chi connectivity index (χ0n) is 9.48. The summed E-state index contributed by atoms with van der Waals surface area (Å²) in [7, 11) is 1.58. The first-order valence-electron chi connectivity index (χ1n) is 5.65. The average Bonchev–Trinajstić information content (AvgIpc) is 3.08. The fraction of sp³-hybridized carbons (Fsp3) is 0.636. The van der Waals surface area contributed by atoms with Crippen LogP contribution in [0.2, 0.25) is 0 Å². The Labute approximate surface area is 93.7 Å². The Morgan fingerprint density at radius 3 is 2.75 bits per heavy atom. The van der Waals surface area contributed by atoms with E-state index < -0.39 is 11.1 Å². The van der Waals surface area contributed by atoms with Crippen LogP contribution < -0.4 is 16.4 Å². The highest BCUT2D eigenvalue weighted by atomic mass is 16.2. The van der Waals surface area contributed by atoms with Crippen LogP contribution in [0.3, 0.4) is 0 Å². The van der Waals surface area contributed by atoms with E-state index in [9.17, 15) is 9.59 Å². The molecule has 0 radical (unpaired) electrons. The molecule has 1 aliphatic carbocycles. The van der Waals surface area contributed by atoms with Crippen LogP contribution in [0.15, 0.2) is 22.0 Å². The first kappa shape index (κ1) is 11.1. The van der Waals surface area contributed by atoms with Crippen LogP contribution in [0, 0.1) is 5.92 Å². The van der Waals surface area contributed by atoms with E-state index in [-0.39, 0.29) is 0 Å². The van der Waals surface area contributed by atoms with Crippen LogP contribution in [0.25, 0.3) is 0 Å². The molecule has 1 N–H and O–H groups in total. The Bertz CT molecular complexity index is 471. The molecule has 88 valence electrons. The molecule has 0 unspecified atom stereocenters. The lowest BCUT2D eigenvalue weighted by atomic mass is 10.4. The summed E-state index contributed by atoms with van der Waals surface area (Å²) in [5, 5.41) is 3.29. The van der Waals surface area contributed by atoms with E-state index in [0.717, 1.165) is 19.0 Å². The number of rotatable bonds is 5. The Kier molecular flexibility index (Phi) is 3.24. The van der Waals surface area contributed by atoms with Gasteiger partial charge in [-0.25, -0.2) is 0 Å². The van der Waals surface area contributed by atoms with Crippen LogP contribution in [0.1, 0.15) is 12.8 Å². The fourth-order valence-corrected chi connectivity index (χ4v) is 1.59. The highest BCUT2D eigenvalue weighted by Crippen LogP contribution is 2.27. The maximum absolute atomic E-state index is 11.5. The van der Waals surface area contributed by atoms with Crippen molar-refractivity contribution in [2.75, 3.05) is 13.1 Å². The third-order valence-corrected chi connectivity index (χ3v) is 2.89. The lowest BCUT2D eigenvalue weighted by molar-refractivity contribution is 0.556. The van der Waals surface area contributed by atoms with Gasteiger partial charge < -0.3 is 14.5 Å². The summed E-state index contributed by atoms with van der Waals surface area (Å²) in [5.41, 5.74) is -0.914. The van der Waals surface area contributed by atoms with E-state index in [1.165, 1.54) is 22.0 Å². The topological polar surface area (TPSA) is 56.0 Å². The molecule has 0 atom stereocenters. The second-order valence-corrected chi connectivity index (χ2v) is 4.36. The molecule has 0 bridgehead atoms.